The zero-order valence-electron chi connectivity index (χ0n) is 7.70. The van der Waals surface area contributed by atoms with Crippen LogP contribution in [0.25, 0.3) is 0 Å². The van der Waals surface area contributed by atoms with Crippen molar-refractivity contribution in [2.24, 2.45) is 17.8 Å². The van der Waals surface area contributed by atoms with E-state index in [0.29, 0.717) is 12.5 Å². The van der Waals surface area contributed by atoms with Crippen molar-refractivity contribution in [3.63, 3.8) is 0 Å². The highest BCUT2D eigenvalue weighted by atomic mass is 16.5. The average molecular weight is 170 g/mol. The molecule has 1 N–H and O–H groups in total. The number of aliphatic hydroxyl groups is 1. The monoisotopic (exact) mass is 170 g/mol. The normalized spacial score (nSPS) is 42.0. The van der Waals surface area contributed by atoms with E-state index >= 15 is 0 Å². The highest BCUT2D eigenvalue weighted by molar-refractivity contribution is 4.92. The minimum atomic E-state index is -0.203. The van der Waals surface area contributed by atoms with Gasteiger partial charge in [-0.3, -0.25) is 0 Å². The number of hydrogen-bond donors (Lipinski definition) is 1. The summed E-state index contributed by atoms with van der Waals surface area (Å²) in [4.78, 5) is 0. The lowest BCUT2D eigenvalue weighted by atomic mass is 9.85. The lowest BCUT2D eigenvalue weighted by Gasteiger charge is -2.26. The molecule has 70 valence electrons. The Balaban J connectivity index is 1.89. The Kier molecular flexibility index (Phi) is 2.37. The molecule has 0 saturated heterocycles. The standard InChI is InChI=1S/C10H18O2/c1-12-6-10(11)9-5-7-2-3-8(9)4-7/h7-11H,2-6H2,1H3. The van der Waals surface area contributed by atoms with Crippen LogP contribution in [0.1, 0.15) is 25.7 Å². The molecule has 0 spiro atoms. The van der Waals surface area contributed by atoms with Gasteiger partial charge in [0, 0.05) is 7.11 Å². The van der Waals surface area contributed by atoms with Gasteiger partial charge in [0.15, 0.2) is 0 Å². The van der Waals surface area contributed by atoms with E-state index in [1.54, 1.807) is 7.11 Å². The highest BCUT2D eigenvalue weighted by Crippen LogP contribution is 2.49. The molecule has 2 bridgehead atoms. The number of fused-ring (bicyclic) bond motifs is 2. The quantitative estimate of drug-likeness (QED) is 0.694. The van der Waals surface area contributed by atoms with Crippen LogP contribution in [-0.2, 0) is 4.74 Å². The van der Waals surface area contributed by atoms with Gasteiger partial charge < -0.3 is 9.84 Å². The Morgan fingerprint density at radius 2 is 2.25 bits per heavy atom. The average Bonchev–Trinajstić information content (AvgIpc) is 2.64. The van der Waals surface area contributed by atoms with Gasteiger partial charge in [-0.15, -0.1) is 0 Å². The molecular weight excluding hydrogens is 152 g/mol. The van der Waals surface area contributed by atoms with Gasteiger partial charge in [-0.05, 0) is 37.0 Å². The van der Waals surface area contributed by atoms with E-state index in [2.05, 4.69) is 0 Å². The number of ether oxygens (including phenoxy) is 1. The van der Waals surface area contributed by atoms with Gasteiger partial charge in [-0.1, -0.05) is 6.42 Å². The van der Waals surface area contributed by atoms with Crippen molar-refractivity contribution >= 4 is 0 Å². The summed E-state index contributed by atoms with van der Waals surface area (Å²) in [6.45, 7) is 0.522. The summed E-state index contributed by atoms with van der Waals surface area (Å²) in [6.07, 6.45) is 5.16. The summed E-state index contributed by atoms with van der Waals surface area (Å²) < 4.78 is 4.97. The minimum absolute atomic E-state index is 0.203. The Morgan fingerprint density at radius 3 is 2.75 bits per heavy atom. The predicted molar refractivity (Wildman–Crippen MR) is 46.8 cm³/mol. The molecule has 0 amide bonds. The first-order valence-electron chi connectivity index (χ1n) is 4.98. The summed E-state index contributed by atoms with van der Waals surface area (Å²) in [5, 5.41) is 9.75. The molecule has 2 fully saturated rings. The highest BCUT2D eigenvalue weighted by Gasteiger charge is 2.42. The van der Waals surface area contributed by atoms with Gasteiger partial charge in [-0.25, -0.2) is 0 Å². The van der Waals surface area contributed by atoms with Crippen molar-refractivity contribution in [3.05, 3.63) is 0 Å². The van der Waals surface area contributed by atoms with Crippen molar-refractivity contribution in [2.75, 3.05) is 13.7 Å². The zero-order valence-corrected chi connectivity index (χ0v) is 7.70. The van der Waals surface area contributed by atoms with Crippen LogP contribution in [0.4, 0.5) is 0 Å². The zero-order chi connectivity index (χ0) is 8.55. The first-order valence-corrected chi connectivity index (χ1v) is 4.98. The van der Waals surface area contributed by atoms with E-state index in [-0.39, 0.29) is 6.10 Å². The molecule has 2 aliphatic carbocycles. The maximum atomic E-state index is 9.75. The van der Waals surface area contributed by atoms with Crippen molar-refractivity contribution in [1.82, 2.24) is 0 Å². The van der Waals surface area contributed by atoms with E-state index in [1.165, 1.54) is 25.7 Å². The number of aliphatic hydroxyl groups excluding tert-OH is 1. The molecule has 2 rings (SSSR count). The van der Waals surface area contributed by atoms with Gasteiger partial charge in [0.25, 0.3) is 0 Å². The van der Waals surface area contributed by atoms with Gasteiger partial charge >= 0.3 is 0 Å². The van der Waals surface area contributed by atoms with Crippen LogP contribution < -0.4 is 0 Å². The molecule has 2 nitrogen and oxygen atoms in total. The third kappa shape index (κ3) is 1.38. The maximum Gasteiger partial charge on any atom is 0.0804 e. The molecule has 2 heteroatoms. The number of hydrogen-bond acceptors (Lipinski definition) is 2. The molecule has 0 heterocycles. The van der Waals surface area contributed by atoms with Crippen LogP contribution in [0.5, 0.6) is 0 Å². The molecule has 0 aliphatic heterocycles. The lowest BCUT2D eigenvalue weighted by Crippen LogP contribution is -2.29. The summed E-state index contributed by atoms with van der Waals surface area (Å²) in [5.41, 5.74) is 0. The van der Waals surface area contributed by atoms with Gasteiger partial charge in [0.2, 0.25) is 0 Å². The minimum Gasteiger partial charge on any atom is -0.390 e. The fraction of sp³-hybridized carbons (Fsp3) is 1.00. The second-order valence-electron chi connectivity index (χ2n) is 4.36. The van der Waals surface area contributed by atoms with Crippen molar-refractivity contribution < 1.29 is 9.84 Å². The first-order chi connectivity index (χ1) is 5.81. The second-order valence-corrected chi connectivity index (χ2v) is 4.36. The summed E-state index contributed by atoms with van der Waals surface area (Å²) in [7, 11) is 1.66. The topological polar surface area (TPSA) is 29.5 Å². The molecule has 0 aromatic carbocycles. The maximum absolute atomic E-state index is 9.75. The van der Waals surface area contributed by atoms with Crippen LogP contribution in [-0.4, -0.2) is 24.9 Å². The molecule has 2 aliphatic rings. The largest absolute Gasteiger partial charge is 0.390 e. The van der Waals surface area contributed by atoms with Crippen molar-refractivity contribution in [3.8, 4) is 0 Å². The fourth-order valence-corrected chi connectivity index (χ4v) is 3.06. The van der Waals surface area contributed by atoms with Crippen LogP contribution in [0.2, 0.25) is 0 Å². The summed E-state index contributed by atoms with van der Waals surface area (Å²) in [6, 6.07) is 0. The van der Waals surface area contributed by atoms with Crippen molar-refractivity contribution in [1.29, 1.82) is 0 Å². The van der Waals surface area contributed by atoms with E-state index in [1.807, 2.05) is 0 Å². The number of rotatable bonds is 3. The van der Waals surface area contributed by atoms with Gasteiger partial charge in [0.05, 0.1) is 12.7 Å². The fourth-order valence-electron chi connectivity index (χ4n) is 3.06. The van der Waals surface area contributed by atoms with E-state index < -0.39 is 0 Å². The van der Waals surface area contributed by atoms with Gasteiger partial charge in [0.1, 0.15) is 0 Å². The molecule has 0 radical (unpaired) electrons. The lowest BCUT2D eigenvalue weighted by molar-refractivity contribution is 0.00725. The first kappa shape index (κ1) is 8.52. The third-order valence-corrected chi connectivity index (χ3v) is 3.62. The van der Waals surface area contributed by atoms with Crippen LogP contribution in [0.15, 0.2) is 0 Å². The van der Waals surface area contributed by atoms with Gasteiger partial charge in [-0.2, -0.15) is 0 Å². The second kappa shape index (κ2) is 3.35. The molecule has 12 heavy (non-hydrogen) atoms. The van der Waals surface area contributed by atoms with Crippen LogP contribution in [0.3, 0.4) is 0 Å². The predicted octanol–water partition coefficient (Wildman–Crippen LogP) is 1.43. The Labute approximate surface area is 73.9 Å². The van der Waals surface area contributed by atoms with E-state index in [9.17, 15) is 5.11 Å². The molecule has 4 atom stereocenters. The van der Waals surface area contributed by atoms with Crippen molar-refractivity contribution in [2.45, 2.75) is 31.8 Å². The third-order valence-electron chi connectivity index (χ3n) is 3.62. The summed E-state index contributed by atoms with van der Waals surface area (Å²) >= 11 is 0. The number of methoxy groups -OCH3 is 1. The van der Waals surface area contributed by atoms with E-state index in [4.69, 9.17) is 4.74 Å². The van der Waals surface area contributed by atoms with Crippen LogP contribution >= 0.6 is 0 Å². The Morgan fingerprint density at radius 1 is 1.42 bits per heavy atom. The van der Waals surface area contributed by atoms with E-state index in [0.717, 1.165) is 11.8 Å². The smallest absolute Gasteiger partial charge is 0.0804 e. The molecule has 0 aromatic rings. The summed E-state index contributed by atoms with van der Waals surface area (Å²) in [5.74, 6) is 2.27. The Hall–Kier alpha value is -0.0800. The Bertz CT molecular complexity index is 158. The van der Waals surface area contributed by atoms with Crippen LogP contribution in [0, 0.1) is 17.8 Å². The SMILES string of the molecule is COCC(O)C1CC2CCC1C2. The molecule has 4 unspecified atom stereocenters. The molecule has 0 aromatic heterocycles. The molecule has 2 saturated carbocycles. The molecular formula is C10H18O2.